The Morgan fingerprint density at radius 3 is 2.11 bits per heavy atom. The summed E-state index contributed by atoms with van der Waals surface area (Å²) >= 11 is 0. The zero-order chi connectivity index (χ0) is 27.9. The van der Waals surface area contributed by atoms with Crippen molar-refractivity contribution in [2.75, 3.05) is 20.1 Å². The number of benzene rings is 1. The first-order chi connectivity index (χ1) is 17.7. The molecule has 4 rings (SSSR count). The number of hydrogen-bond donors (Lipinski definition) is 5. The summed E-state index contributed by atoms with van der Waals surface area (Å²) in [4.78, 5) is 15.3. The van der Waals surface area contributed by atoms with Crippen LogP contribution < -0.4 is 22.1 Å². The van der Waals surface area contributed by atoms with Gasteiger partial charge in [0.25, 0.3) is 0 Å². The fourth-order valence-electron chi connectivity index (χ4n) is 4.28. The SMILES string of the molecule is C#N.C1CC2(C1)CNC2.CN.NC(=Nc1ccc(C(O)C(F)(F)F)cc1)/C(C=O)=C\NC1CCCCC1. The fraction of sp³-hybridized carbons (Fsp3) is 0.577. The number of rotatable bonds is 6. The summed E-state index contributed by atoms with van der Waals surface area (Å²) in [6, 6.07) is 5.14. The molecule has 1 atom stereocenters. The van der Waals surface area contributed by atoms with Gasteiger partial charge in [-0.15, -0.1) is 0 Å². The van der Waals surface area contributed by atoms with Crippen molar-refractivity contribution in [3.63, 3.8) is 0 Å². The molecule has 1 aromatic rings. The number of nitrogens with one attached hydrogen (secondary N) is 2. The molecule has 0 bridgehead atoms. The van der Waals surface area contributed by atoms with E-state index < -0.39 is 12.3 Å². The number of nitrogens with two attached hydrogens (primary N) is 2. The first kappa shape index (κ1) is 32.1. The lowest BCUT2D eigenvalue weighted by atomic mass is 9.65. The predicted molar refractivity (Wildman–Crippen MR) is 139 cm³/mol. The second-order valence-electron chi connectivity index (χ2n) is 9.21. The minimum atomic E-state index is -4.73. The van der Waals surface area contributed by atoms with E-state index in [1.54, 1.807) is 0 Å². The highest BCUT2D eigenvalue weighted by Gasteiger charge is 2.41. The van der Waals surface area contributed by atoms with Gasteiger partial charge in [-0.1, -0.05) is 37.8 Å². The molecule has 3 aliphatic rings. The van der Waals surface area contributed by atoms with Crippen molar-refractivity contribution < 1.29 is 23.1 Å². The van der Waals surface area contributed by atoms with Crippen LogP contribution >= 0.6 is 0 Å². The lowest BCUT2D eigenvalue weighted by molar-refractivity contribution is -0.206. The molecule has 0 radical (unpaired) electrons. The zero-order valence-corrected chi connectivity index (χ0v) is 21.3. The maximum absolute atomic E-state index is 12.5. The van der Waals surface area contributed by atoms with Gasteiger partial charge in [0.05, 0.1) is 11.3 Å². The third-order valence-electron chi connectivity index (χ3n) is 6.69. The Balaban J connectivity index is 0.000000514. The Kier molecular flexibility index (Phi) is 13.9. The second-order valence-corrected chi connectivity index (χ2v) is 9.21. The van der Waals surface area contributed by atoms with Gasteiger partial charge in [-0.05, 0) is 55.8 Å². The number of aliphatic hydroxyl groups excluding tert-OH is 1. The van der Waals surface area contributed by atoms with Crippen LogP contribution in [0.15, 0.2) is 41.0 Å². The van der Waals surface area contributed by atoms with Crippen LogP contribution in [0.5, 0.6) is 0 Å². The summed E-state index contributed by atoms with van der Waals surface area (Å²) in [5.74, 6) is -0.0348. The van der Waals surface area contributed by atoms with E-state index in [4.69, 9.17) is 11.0 Å². The number of carbonyl (C=O) groups is 1. The Morgan fingerprint density at radius 2 is 1.73 bits per heavy atom. The number of aliphatic hydroxyl groups is 1. The normalized spacial score (nSPS) is 19.7. The zero-order valence-electron chi connectivity index (χ0n) is 21.3. The van der Waals surface area contributed by atoms with Gasteiger partial charge >= 0.3 is 6.18 Å². The Labute approximate surface area is 217 Å². The molecule has 1 saturated heterocycles. The number of halogens is 3. The topological polar surface area (TPSA) is 150 Å². The molecule has 2 aliphatic carbocycles. The van der Waals surface area contributed by atoms with Gasteiger partial charge in [-0.2, -0.15) is 13.2 Å². The van der Waals surface area contributed by atoms with Gasteiger partial charge in [0, 0.05) is 31.9 Å². The molecule has 0 amide bonds. The molecule has 206 valence electrons. The van der Waals surface area contributed by atoms with E-state index in [1.165, 1.54) is 64.2 Å². The quantitative estimate of drug-likeness (QED) is 0.165. The molecule has 3 fully saturated rings. The summed E-state index contributed by atoms with van der Waals surface area (Å²) in [5.41, 5.74) is 11.3. The number of hydrogen-bond acceptors (Lipinski definition) is 7. The van der Waals surface area contributed by atoms with Gasteiger partial charge in [0.2, 0.25) is 0 Å². The highest BCUT2D eigenvalue weighted by molar-refractivity contribution is 6.13. The molecule has 1 spiro atoms. The van der Waals surface area contributed by atoms with Crippen LogP contribution in [0.1, 0.15) is 63.0 Å². The van der Waals surface area contributed by atoms with Gasteiger partial charge in [0.15, 0.2) is 12.4 Å². The highest BCUT2D eigenvalue weighted by atomic mass is 19.4. The van der Waals surface area contributed by atoms with Crippen molar-refractivity contribution in [1.29, 1.82) is 5.26 Å². The Hall–Kier alpha value is -2.94. The molecule has 0 aromatic heterocycles. The van der Waals surface area contributed by atoms with E-state index in [0.29, 0.717) is 12.3 Å². The predicted octanol–water partition coefficient (Wildman–Crippen LogP) is 3.75. The van der Waals surface area contributed by atoms with Gasteiger partial charge in [-0.25, -0.2) is 10.3 Å². The first-order valence-corrected chi connectivity index (χ1v) is 12.4. The molecule has 2 saturated carbocycles. The molecule has 37 heavy (non-hydrogen) atoms. The highest BCUT2D eigenvalue weighted by Crippen LogP contribution is 2.43. The van der Waals surface area contributed by atoms with Crippen LogP contribution in [0.25, 0.3) is 0 Å². The standard InChI is InChI=1S/C18H22F3N3O2.C6H11N.CH5N.CHN/c19-18(20,21)16(26)12-6-8-15(9-7-12)24-17(22)13(11-25)10-23-14-4-2-1-3-5-14;1-2-6(3-1)4-7-5-6;2*1-2/h6-11,14,16,23,26H,1-5H2,(H2,22,24);7H,1-5H2;2H2,1H3;1H/b13-10-;;;. The number of alkyl halides is 3. The third-order valence-corrected chi connectivity index (χ3v) is 6.69. The fourth-order valence-corrected chi connectivity index (χ4v) is 4.28. The van der Waals surface area contributed by atoms with Gasteiger partial charge < -0.3 is 27.2 Å². The summed E-state index contributed by atoms with van der Waals surface area (Å²) in [7, 11) is 1.50. The summed E-state index contributed by atoms with van der Waals surface area (Å²) < 4.78 is 37.5. The number of aldehydes is 1. The van der Waals surface area contributed by atoms with Crippen LogP contribution in [0.3, 0.4) is 0 Å². The van der Waals surface area contributed by atoms with Crippen LogP contribution in [0.4, 0.5) is 18.9 Å². The van der Waals surface area contributed by atoms with Gasteiger partial charge in [-0.3, -0.25) is 4.79 Å². The number of nitrogens with zero attached hydrogens (tertiary/aromatic N) is 2. The van der Waals surface area contributed by atoms with Crippen molar-refractivity contribution in [2.45, 2.75) is 69.7 Å². The van der Waals surface area contributed by atoms with Crippen molar-refractivity contribution in [3.05, 3.63) is 41.6 Å². The average molecular weight is 525 g/mol. The van der Waals surface area contributed by atoms with E-state index >= 15 is 0 Å². The second kappa shape index (κ2) is 16.0. The maximum atomic E-state index is 12.5. The van der Waals surface area contributed by atoms with E-state index in [1.807, 2.05) is 0 Å². The minimum Gasteiger partial charge on any atom is -0.387 e. The van der Waals surface area contributed by atoms with Crippen molar-refractivity contribution >= 4 is 17.8 Å². The van der Waals surface area contributed by atoms with Crippen molar-refractivity contribution in [3.8, 4) is 6.57 Å². The molecular formula is C26H39F3N6O2. The van der Waals surface area contributed by atoms with E-state index in [2.05, 4.69) is 27.9 Å². The van der Waals surface area contributed by atoms with Crippen LogP contribution in [0, 0.1) is 17.2 Å². The van der Waals surface area contributed by atoms with Gasteiger partial charge in [0.1, 0.15) is 5.84 Å². The van der Waals surface area contributed by atoms with E-state index in [9.17, 15) is 23.1 Å². The Morgan fingerprint density at radius 1 is 1.16 bits per heavy atom. The maximum Gasteiger partial charge on any atom is 0.418 e. The molecule has 1 aliphatic heterocycles. The average Bonchev–Trinajstić information content (AvgIpc) is 2.85. The molecule has 1 heterocycles. The number of aliphatic imine (C=N–C) groups is 1. The van der Waals surface area contributed by atoms with E-state index in [-0.39, 0.29) is 22.7 Å². The lowest BCUT2D eigenvalue weighted by Crippen LogP contribution is -2.57. The number of carbonyl (C=O) groups excluding carboxylic acids is 1. The smallest absolute Gasteiger partial charge is 0.387 e. The third kappa shape index (κ3) is 10.1. The van der Waals surface area contributed by atoms with E-state index in [0.717, 1.165) is 43.2 Å². The number of amidine groups is 1. The molecular weight excluding hydrogens is 485 g/mol. The largest absolute Gasteiger partial charge is 0.418 e. The van der Waals surface area contributed by atoms with Crippen molar-refractivity contribution in [1.82, 2.24) is 10.6 Å². The van der Waals surface area contributed by atoms with Crippen LogP contribution in [-0.4, -0.2) is 49.6 Å². The first-order valence-electron chi connectivity index (χ1n) is 12.4. The van der Waals surface area contributed by atoms with Crippen molar-refractivity contribution in [2.24, 2.45) is 21.9 Å². The number of nitriles is 1. The molecule has 1 unspecified atom stereocenters. The monoisotopic (exact) mass is 524 g/mol. The molecule has 7 N–H and O–H groups in total. The van der Waals surface area contributed by atoms with Crippen LogP contribution in [0.2, 0.25) is 0 Å². The lowest BCUT2D eigenvalue weighted by Gasteiger charge is -2.49. The Bertz CT molecular complexity index is 870. The summed E-state index contributed by atoms with van der Waals surface area (Å²) in [5, 5.41) is 22.2. The minimum absolute atomic E-state index is 0.0348. The van der Waals surface area contributed by atoms with Crippen LogP contribution in [-0.2, 0) is 4.79 Å². The summed E-state index contributed by atoms with van der Waals surface area (Å²) in [6.07, 6.45) is 4.87. The summed E-state index contributed by atoms with van der Waals surface area (Å²) in [6.45, 7) is 6.12. The molecule has 1 aromatic carbocycles. The molecule has 8 nitrogen and oxygen atoms in total. The molecule has 11 heteroatoms.